The van der Waals surface area contributed by atoms with Gasteiger partial charge in [0.05, 0.1) is 11.6 Å². The molecule has 0 saturated carbocycles. The minimum atomic E-state index is 0.101. The van der Waals surface area contributed by atoms with Crippen LogP contribution in [0.15, 0.2) is 22.7 Å². The standard InChI is InChI=1S/C11H12BrNO2/c1-15-10-4-3-8(7-9(10)12)11(14)13-5-2-6-13/h3-4,7H,2,5-6H2,1H3. The smallest absolute Gasteiger partial charge is 0.253 e. The van der Waals surface area contributed by atoms with Crippen molar-refractivity contribution in [1.82, 2.24) is 4.90 Å². The van der Waals surface area contributed by atoms with Crippen LogP contribution in [0, 0.1) is 0 Å². The van der Waals surface area contributed by atoms with Gasteiger partial charge in [-0.05, 0) is 40.5 Å². The van der Waals surface area contributed by atoms with E-state index < -0.39 is 0 Å². The van der Waals surface area contributed by atoms with Gasteiger partial charge in [-0.2, -0.15) is 0 Å². The summed E-state index contributed by atoms with van der Waals surface area (Å²) in [7, 11) is 1.61. The molecule has 0 N–H and O–H groups in total. The average molecular weight is 270 g/mol. The van der Waals surface area contributed by atoms with Crippen molar-refractivity contribution in [2.75, 3.05) is 20.2 Å². The van der Waals surface area contributed by atoms with Crippen LogP contribution in [0.2, 0.25) is 0 Å². The number of likely N-dealkylation sites (tertiary alicyclic amines) is 1. The summed E-state index contributed by atoms with van der Waals surface area (Å²) in [5.74, 6) is 0.847. The molecule has 0 aliphatic carbocycles. The monoisotopic (exact) mass is 269 g/mol. The normalized spacial score (nSPS) is 14.7. The first kappa shape index (κ1) is 10.5. The zero-order chi connectivity index (χ0) is 10.8. The number of amides is 1. The quantitative estimate of drug-likeness (QED) is 0.825. The third kappa shape index (κ3) is 2.00. The Morgan fingerprint density at radius 1 is 1.47 bits per heavy atom. The predicted octanol–water partition coefficient (Wildman–Crippen LogP) is 2.30. The van der Waals surface area contributed by atoms with E-state index in [1.807, 2.05) is 4.90 Å². The number of hydrogen-bond acceptors (Lipinski definition) is 2. The molecule has 0 spiro atoms. The number of methoxy groups -OCH3 is 1. The summed E-state index contributed by atoms with van der Waals surface area (Å²) in [5, 5.41) is 0. The first-order valence-electron chi connectivity index (χ1n) is 4.85. The molecule has 1 saturated heterocycles. The Morgan fingerprint density at radius 2 is 2.20 bits per heavy atom. The van der Waals surface area contributed by atoms with E-state index in [0.29, 0.717) is 5.56 Å². The summed E-state index contributed by atoms with van der Waals surface area (Å²) in [6.07, 6.45) is 1.11. The van der Waals surface area contributed by atoms with Gasteiger partial charge in [0.15, 0.2) is 0 Å². The molecule has 1 aromatic carbocycles. The van der Waals surface area contributed by atoms with Crippen LogP contribution in [-0.2, 0) is 0 Å². The van der Waals surface area contributed by atoms with E-state index >= 15 is 0 Å². The zero-order valence-electron chi connectivity index (χ0n) is 8.50. The summed E-state index contributed by atoms with van der Waals surface area (Å²) in [6.45, 7) is 1.75. The van der Waals surface area contributed by atoms with E-state index in [9.17, 15) is 4.79 Å². The Hall–Kier alpha value is -1.03. The van der Waals surface area contributed by atoms with Gasteiger partial charge < -0.3 is 9.64 Å². The summed E-state index contributed by atoms with van der Waals surface area (Å²) >= 11 is 3.37. The minimum absolute atomic E-state index is 0.101. The van der Waals surface area contributed by atoms with E-state index in [1.54, 1.807) is 25.3 Å². The van der Waals surface area contributed by atoms with Crippen molar-refractivity contribution in [2.24, 2.45) is 0 Å². The van der Waals surface area contributed by atoms with Crippen molar-refractivity contribution >= 4 is 21.8 Å². The van der Waals surface area contributed by atoms with Crippen LogP contribution in [0.25, 0.3) is 0 Å². The fourth-order valence-electron chi connectivity index (χ4n) is 1.50. The van der Waals surface area contributed by atoms with Crippen molar-refractivity contribution in [1.29, 1.82) is 0 Å². The molecule has 0 bridgehead atoms. The Bertz CT molecular complexity index is 388. The lowest BCUT2D eigenvalue weighted by Gasteiger charge is -2.31. The Labute approximate surface area is 97.2 Å². The SMILES string of the molecule is COc1ccc(C(=O)N2CCC2)cc1Br. The molecular weight excluding hydrogens is 258 g/mol. The molecule has 1 fully saturated rings. The molecule has 1 amide bonds. The van der Waals surface area contributed by atoms with Crippen molar-refractivity contribution in [3.63, 3.8) is 0 Å². The lowest BCUT2D eigenvalue weighted by atomic mass is 10.1. The molecule has 0 atom stereocenters. The molecular formula is C11H12BrNO2. The van der Waals surface area contributed by atoms with Crippen molar-refractivity contribution < 1.29 is 9.53 Å². The molecule has 2 rings (SSSR count). The predicted molar refractivity (Wildman–Crippen MR) is 61.2 cm³/mol. The number of benzene rings is 1. The van der Waals surface area contributed by atoms with Gasteiger partial charge in [-0.1, -0.05) is 0 Å². The molecule has 1 aromatic rings. The highest BCUT2D eigenvalue weighted by Crippen LogP contribution is 2.26. The van der Waals surface area contributed by atoms with Gasteiger partial charge in [0, 0.05) is 18.7 Å². The maximum Gasteiger partial charge on any atom is 0.253 e. The van der Waals surface area contributed by atoms with Gasteiger partial charge in [0.1, 0.15) is 5.75 Å². The number of ether oxygens (including phenoxy) is 1. The van der Waals surface area contributed by atoms with Crippen LogP contribution in [0.1, 0.15) is 16.8 Å². The van der Waals surface area contributed by atoms with Gasteiger partial charge in [0.25, 0.3) is 5.91 Å². The summed E-state index contributed by atoms with van der Waals surface area (Å²) in [6, 6.07) is 5.40. The lowest BCUT2D eigenvalue weighted by molar-refractivity contribution is 0.0651. The summed E-state index contributed by atoms with van der Waals surface area (Å²) < 4.78 is 5.92. The Balaban J connectivity index is 2.21. The van der Waals surface area contributed by atoms with Gasteiger partial charge in [0.2, 0.25) is 0 Å². The van der Waals surface area contributed by atoms with E-state index in [-0.39, 0.29) is 5.91 Å². The summed E-state index contributed by atoms with van der Waals surface area (Å²) in [4.78, 5) is 13.7. The third-order valence-corrected chi connectivity index (χ3v) is 3.16. The first-order chi connectivity index (χ1) is 7.22. The van der Waals surface area contributed by atoms with E-state index in [0.717, 1.165) is 29.7 Å². The molecule has 0 radical (unpaired) electrons. The summed E-state index contributed by atoms with van der Waals surface area (Å²) in [5.41, 5.74) is 0.711. The average Bonchev–Trinajstić information content (AvgIpc) is 2.15. The zero-order valence-corrected chi connectivity index (χ0v) is 10.1. The first-order valence-corrected chi connectivity index (χ1v) is 5.64. The van der Waals surface area contributed by atoms with Crippen LogP contribution in [-0.4, -0.2) is 31.0 Å². The van der Waals surface area contributed by atoms with Crippen LogP contribution in [0.3, 0.4) is 0 Å². The molecule has 1 aliphatic heterocycles. The number of hydrogen-bond donors (Lipinski definition) is 0. The Morgan fingerprint density at radius 3 is 2.67 bits per heavy atom. The maximum absolute atomic E-state index is 11.8. The van der Waals surface area contributed by atoms with Crippen molar-refractivity contribution in [3.05, 3.63) is 28.2 Å². The second kappa shape index (κ2) is 4.23. The third-order valence-electron chi connectivity index (χ3n) is 2.54. The molecule has 3 nitrogen and oxygen atoms in total. The lowest BCUT2D eigenvalue weighted by Crippen LogP contribution is -2.41. The van der Waals surface area contributed by atoms with Gasteiger partial charge in [-0.15, -0.1) is 0 Å². The van der Waals surface area contributed by atoms with Gasteiger partial charge in [-0.25, -0.2) is 0 Å². The number of carbonyl (C=O) groups excluding carboxylic acids is 1. The molecule has 0 unspecified atom stereocenters. The van der Waals surface area contributed by atoms with Crippen molar-refractivity contribution in [3.8, 4) is 5.75 Å². The second-order valence-electron chi connectivity index (χ2n) is 3.50. The van der Waals surface area contributed by atoms with Gasteiger partial charge >= 0.3 is 0 Å². The molecule has 1 aliphatic rings. The minimum Gasteiger partial charge on any atom is -0.496 e. The molecule has 0 aromatic heterocycles. The highest BCUT2D eigenvalue weighted by molar-refractivity contribution is 9.10. The van der Waals surface area contributed by atoms with E-state index in [1.165, 1.54) is 0 Å². The van der Waals surface area contributed by atoms with E-state index in [2.05, 4.69) is 15.9 Å². The molecule has 4 heteroatoms. The fourth-order valence-corrected chi connectivity index (χ4v) is 2.04. The van der Waals surface area contributed by atoms with Crippen LogP contribution in [0.4, 0.5) is 0 Å². The molecule has 80 valence electrons. The van der Waals surface area contributed by atoms with Crippen LogP contribution >= 0.6 is 15.9 Å². The maximum atomic E-state index is 11.8. The number of carbonyl (C=O) groups is 1. The topological polar surface area (TPSA) is 29.5 Å². The highest BCUT2D eigenvalue weighted by Gasteiger charge is 2.21. The number of nitrogens with zero attached hydrogens (tertiary/aromatic N) is 1. The van der Waals surface area contributed by atoms with E-state index in [4.69, 9.17) is 4.74 Å². The highest BCUT2D eigenvalue weighted by atomic mass is 79.9. The fraction of sp³-hybridized carbons (Fsp3) is 0.364. The Kier molecular flexibility index (Phi) is 2.95. The van der Waals surface area contributed by atoms with Crippen molar-refractivity contribution in [2.45, 2.75) is 6.42 Å². The molecule has 1 heterocycles. The molecule has 15 heavy (non-hydrogen) atoms. The van der Waals surface area contributed by atoms with Gasteiger partial charge in [-0.3, -0.25) is 4.79 Å². The van der Waals surface area contributed by atoms with Crippen LogP contribution in [0.5, 0.6) is 5.75 Å². The number of rotatable bonds is 2. The largest absolute Gasteiger partial charge is 0.496 e. The number of halogens is 1. The second-order valence-corrected chi connectivity index (χ2v) is 4.35. The van der Waals surface area contributed by atoms with Crippen LogP contribution < -0.4 is 4.74 Å².